The summed E-state index contributed by atoms with van der Waals surface area (Å²) in [5.41, 5.74) is 2.05. The molecule has 1 unspecified atom stereocenters. The number of rotatable bonds is 6. The molecule has 1 aliphatic heterocycles. The first-order valence-corrected chi connectivity index (χ1v) is 11.0. The highest BCUT2D eigenvalue weighted by Crippen LogP contribution is 2.38. The highest BCUT2D eigenvalue weighted by Gasteiger charge is 2.46. The zero-order chi connectivity index (χ0) is 22.6. The lowest BCUT2D eigenvalue weighted by Gasteiger charge is -2.29. The molecule has 0 saturated carbocycles. The van der Waals surface area contributed by atoms with Gasteiger partial charge in [0.15, 0.2) is 0 Å². The van der Waals surface area contributed by atoms with Gasteiger partial charge in [-0.1, -0.05) is 60.7 Å². The Balaban J connectivity index is 1.67. The summed E-state index contributed by atoms with van der Waals surface area (Å²) in [6, 6.07) is 23.4. The molecule has 5 heteroatoms. The van der Waals surface area contributed by atoms with Crippen LogP contribution in [0.1, 0.15) is 29.3 Å². The van der Waals surface area contributed by atoms with Crippen molar-refractivity contribution in [2.24, 2.45) is 5.41 Å². The highest BCUT2D eigenvalue weighted by molar-refractivity contribution is 5.95. The van der Waals surface area contributed by atoms with E-state index in [2.05, 4.69) is 5.32 Å². The van der Waals surface area contributed by atoms with Crippen molar-refractivity contribution in [2.45, 2.75) is 19.8 Å². The van der Waals surface area contributed by atoms with E-state index in [1.54, 1.807) is 29.2 Å². The van der Waals surface area contributed by atoms with Gasteiger partial charge in [-0.2, -0.15) is 0 Å². The summed E-state index contributed by atoms with van der Waals surface area (Å²) >= 11 is 0. The van der Waals surface area contributed by atoms with Crippen molar-refractivity contribution < 1.29 is 14.0 Å². The van der Waals surface area contributed by atoms with Crippen molar-refractivity contribution in [3.8, 4) is 11.1 Å². The van der Waals surface area contributed by atoms with Gasteiger partial charge in [-0.15, -0.1) is 0 Å². The summed E-state index contributed by atoms with van der Waals surface area (Å²) in [5.74, 6) is -0.426. The van der Waals surface area contributed by atoms with Crippen molar-refractivity contribution in [1.82, 2.24) is 10.2 Å². The average molecular weight is 431 g/mol. The molecular formula is C27H27FN2O2. The molecule has 3 aromatic carbocycles. The second kappa shape index (κ2) is 9.35. The molecular weight excluding hydrogens is 403 g/mol. The van der Waals surface area contributed by atoms with E-state index >= 15 is 0 Å². The van der Waals surface area contributed by atoms with Crippen molar-refractivity contribution in [3.05, 3.63) is 95.8 Å². The van der Waals surface area contributed by atoms with Crippen molar-refractivity contribution in [1.29, 1.82) is 0 Å². The summed E-state index contributed by atoms with van der Waals surface area (Å²) < 4.78 is 14.6. The second-order valence-electron chi connectivity index (χ2n) is 8.30. The van der Waals surface area contributed by atoms with Crippen LogP contribution >= 0.6 is 0 Å². The van der Waals surface area contributed by atoms with Gasteiger partial charge in [0.1, 0.15) is 5.82 Å². The Kier molecular flexibility index (Phi) is 6.35. The predicted octanol–water partition coefficient (Wildman–Crippen LogP) is 4.70. The van der Waals surface area contributed by atoms with Gasteiger partial charge < -0.3 is 10.2 Å². The number of nitrogens with zero attached hydrogens (tertiary/aromatic N) is 1. The van der Waals surface area contributed by atoms with Crippen LogP contribution in [-0.2, 0) is 11.2 Å². The molecule has 0 bridgehead atoms. The van der Waals surface area contributed by atoms with Crippen molar-refractivity contribution >= 4 is 11.8 Å². The number of carbonyl (C=O) groups excluding carboxylic acids is 2. The van der Waals surface area contributed by atoms with Gasteiger partial charge in [-0.25, -0.2) is 4.39 Å². The molecule has 1 N–H and O–H groups in total. The Labute approximate surface area is 188 Å². The van der Waals surface area contributed by atoms with E-state index in [9.17, 15) is 14.0 Å². The minimum atomic E-state index is -0.762. The molecule has 32 heavy (non-hydrogen) atoms. The monoisotopic (exact) mass is 430 g/mol. The molecule has 4 rings (SSSR count). The Morgan fingerprint density at radius 3 is 2.31 bits per heavy atom. The summed E-state index contributed by atoms with van der Waals surface area (Å²) in [7, 11) is 0. The maximum atomic E-state index is 14.6. The number of halogens is 1. The van der Waals surface area contributed by atoms with Crippen LogP contribution in [0.3, 0.4) is 0 Å². The maximum absolute atomic E-state index is 14.6. The van der Waals surface area contributed by atoms with E-state index in [0.29, 0.717) is 43.6 Å². The zero-order valence-electron chi connectivity index (χ0n) is 18.2. The molecule has 0 aliphatic carbocycles. The molecule has 2 amide bonds. The molecule has 1 atom stereocenters. The Hall–Kier alpha value is -3.47. The van der Waals surface area contributed by atoms with E-state index in [0.717, 1.165) is 11.1 Å². The molecule has 0 radical (unpaired) electrons. The third-order valence-electron chi connectivity index (χ3n) is 6.19. The van der Waals surface area contributed by atoms with Crippen LogP contribution in [0.4, 0.5) is 4.39 Å². The second-order valence-corrected chi connectivity index (χ2v) is 8.30. The normalized spacial score (nSPS) is 17.9. The fraction of sp³-hybridized carbons (Fsp3) is 0.259. The van der Waals surface area contributed by atoms with E-state index in [4.69, 9.17) is 0 Å². The third kappa shape index (κ3) is 4.28. The zero-order valence-corrected chi connectivity index (χ0v) is 18.2. The first-order valence-electron chi connectivity index (χ1n) is 11.0. The van der Waals surface area contributed by atoms with Crippen molar-refractivity contribution in [2.75, 3.05) is 19.6 Å². The van der Waals surface area contributed by atoms with Gasteiger partial charge in [0.2, 0.25) is 5.91 Å². The Morgan fingerprint density at radius 2 is 1.59 bits per heavy atom. The molecule has 4 nitrogen and oxygen atoms in total. The number of carbonyl (C=O) groups is 2. The van der Waals surface area contributed by atoms with Crippen LogP contribution in [0.5, 0.6) is 0 Å². The average Bonchev–Trinajstić information content (AvgIpc) is 3.25. The molecule has 0 aromatic heterocycles. The van der Waals surface area contributed by atoms with Gasteiger partial charge in [-0.3, -0.25) is 9.59 Å². The lowest BCUT2D eigenvalue weighted by molar-refractivity contribution is -0.130. The standard InChI is InChI=1S/C27H27FN2O2/c1-2-29-26(32)27(16-17-30(19-27)25(31)20-10-4-3-5-11-20)18-21-12-6-7-13-22(21)23-14-8-9-15-24(23)28/h3-15H,2,16-19H2,1H3,(H,29,32). The van der Waals surface area contributed by atoms with E-state index < -0.39 is 5.41 Å². The van der Waals surface area contributed by atoms with Crippen LogP contribution in [0.25, 0.3) is 11.1 Å². The Bertz CT molecular complexity index is 1120. The van der Waals surface area contributed by atoms with Crippen LogP contribution < -0.4 is 5.32 Å². The molecule has 3 aromatic rings. The van der Waals surface area contributed by atoms with E-state index in [1.165, 1.54) is 6.07 Å². The topological polar surface area (TPSA) is 49.4 Å². The van der Waals surface area contributed by atoms with E-state index in [1.807, 2.05) is 55.5 Å². The smallest absolute Gasteiger partial charge is 0.253 e. The summed E-state index contributed by atoms with van der Waals surface area (Å²) in [6.45, 7) is 3.24. The number of amides is 2. The SMILES string of the molecule is CCNC(=O)C1(Cc2ccccc2-c2ccccc2F)CCN(C(=O)c2ccccc2)C1. The minimum Gasteiger partial charge on any atom is -0.356 e. The maximum Gasteiger partial charge on any atom is 0.253 e. The van der Waals surface area contributed by atoms with Crippen LogP contribution in [0.2, 0.25) is 0 Å². The number of hydrogen-bond donors (Lipinski definition) is 1. The van der Waals surface area contributed by atoms with Gasteiger partial charge >= 0.3 is 0 Å². The molecule has 1 heterocycles. The fourth-order valence-electron chi connectivity index (χ4n) is 4.55. The number of nitrogens with one attached hydrogen (secondary N) is 1. The first kappa shape index (κ1) is 21.8. The minimum absolute atomic E-state index is 0.0632. The van der Waals surface area contributed by atoms with E-state index in [-0.39, 0.29) is 17.6 Å². The predicted molar refractivity (Wildman–Crippen MR) is 124 cm³/mol. The first-order chi connectivity index (χ1) is 15.5. The van der Waals surface area contributed by atoms with Gasteiger partial charge in [-0.05, 0) is 49.1 Å². The summed E-state index contributed by atoms with van der Waals surface area (Å²) in [4.78, 5) is 28.1. The lowest BCUT2D eigenvalue weighted by Crippen LogP contribution is -2.45. The van der Waals surface area contributed by atoms with Gasteiger partial charge in [0.05, 0.1) is 5.41 Å². The Morgan fingerprint density at radius 1 is 0.938 bits per heavy atom. The number of hydrogen-bond acceptors (Lipinski definition) is 2. The van der Waals surface area contributed by atoms with Crippen LogP contribution in [0.15, 0.2) is 78.9 Å². The molecule has 1 fully saturated rings. The third-order valence-corrected chi connectivity index (χ3v) is 6.19. The molecule has 1 aliphatic rings. The van der Waals surface area contributed by atoms with Crippen LogP contribution in [-0.4, -0.2) is 36.3 Å². The van der Waals surface area contributed by atoms with Gasteiger partial charge in [0, 0.05) is 30.8 Å². The number of benzene rings is 3. The van der Waals surface area contributed by atoms with Gasteiger partial charge in [0.25, 0.3) is 5.91 Å². The largest absolute Gasteiger partial charge is 0.356 e. The molecule has 0 spiro atoms. The molecule has 1 saturated heterocycles. The fourth-order valence-corrected chi connectivity index (χ4v) is 4.55. The molecule has 164 valence electrons. The van der Waals surface area contributed by atoms with Crippen LogP contribution in [0, 0.1) is 11.2 Å². The quantitative estimate of drug-likeness (QED) is 0.616. The lowest BCUT2D eigenvalue weighted by atomic mass is 9.78. The van der Waals surface area contributed by atoms with Crippen molar-refractivity contribution in [3.63, 3.8) is 0 Å². The summed E-state index contributed by atoms with van der Waals surface area (Å²) in [6.07, 6.45) is 0.991. The highest BCUT2D eigenvalue weighted by atomic mass is 19.1. The summed E-state index contributed by atoms with van der Waals surface area (Å²) in [5, 5.41) is 2.97. The number of likely N-dealkylation sites (tertiary alicyclic amines) is 1.